The summed E-state index contributed by atoms with van der Waals surface area (Å²) in [5.41, 5.74) is 1.43. The highest BCUT2D eigenvalue weighted by Crippen LogP contribution is 2.33. The average molecular weight is 386 g/mol. The molecule has 9 heteroatoms. The van der Waals surface area contributed by atoms with Crippen molar-refractivity contribution in [3.63, 3.8) is 0 Å². The maximum Gasteiger partial charge on any atom is 0.278 e. The first-order valence-electron chi connectivity index (χ1n) is 8.21. The first-order chi connectivity index (χ1) is 12.8. The van der Waals surface area contributed by atoms with E-state index in [9.17, 15) is 18.5 Å². The molecule has 0 radical (unpaired) electrons. The lowest BCUT2D eigenvalue weighted by Gasteiger charge is -2.20. The van der Waals surface area contributed by atoms with Crippen LogP contribution in [0.1, 0.15) is 24.9 Å². The fourth-order valence-electron chi connectivity index (χ4n) is 2.98. The van der Waals surface area contributed by atoms with E-state index in [0.717, 1.165) is 5.56 Å². The molecular weight excluding hydrogens is 368 g/mol. The minimum absolute atomic E-state index is 0.0204. The number of non-ortho nitro benzene ring substituents is 1. The quantitative estimate of drug-likeness (QED) is 0.494. The Labute approximate surface area is 156 Å². The monoisotopic (exact) mass is 386 g/mol. The number of benzene rings is 2. The van der Waals surface area contributed by atoms with Gasteiger partial charge in [-0.15, -0.1) is 0 Å². The first kappa shape index (κ1) is 18.7. The normalized spacial score (nSPS) is 12.7. The van der Waals surface area contributed by atoms with Crippen LogP contribution in [0, 0.1) is 10.1 Å². The third-order valence-corrected chi connectivity index (χ3v) is 5.23. The van der Waals surface area contributed by atoms with Crippen LogP contribution in [-0.2, 0) is 10.0 Å². The van der Waals surface area contributed by atoms with Crippen molar-refractivity contribution in [3.8, 4) is 0 Å². The topological polar surface area (TPSA) is 128 Å². The molecule has 1 atom stereocenters. The Kier molecular flexibility index (Phi) is 5.06. The Morgan fingerprint density at radius 1 is 1.22 bits per heavy atom. The zero-order valence-electron chi connectivity index (χ0n) is 14.5. The van der Waals surface area contributed by atoms with Crippen molar-refractivity contribution < 1.29 is 13.3 Å². The largest absolute Gasteiger partial charge is 0.378 e. The van der Waals surface area contributed by atoms with E-state index in [-0.39, 0.29) is 16.6 Å². The number of nitrogens with one attached hydrogen (secondary N) is 1. The highest BCUT2D eigenvalue weighted by atomic mass is 32.2. The summed E-state index contributed by atoms with van der Waals surface area (Å²) in [4.78, 5) is 14.8. The van der Waals surface area contributed by atoms with Crippen molar-refractivity contribution in [1.82, 2.24) is 4.98 Å². The van der Waals surface area contributed by atoms with Gasteiger partial charge in [0.2, 0.25) is 10.0 Å². The molecular formula is C18H18N4O4S. The summed E-state index contributed by atoms with van der Waals surface area (Å²) in [7, 11) is -3.80. The molecule has 1 heterocycles. The molecule has 0 spiro atoms. The summed E-state index contributed by atoms with van der Waals surface area (Å²) in [6.45, 7) is 1.95. The maximum absolute atomic E-state index is 11.6. The van der Waals surface area contributed by atoms with Crippen molar-refractivity contribution in [2.24, 2.45) is 5.14 Å². The number of anilines is 1. The fourth-order valence-corrected chi connectivity index (χ4v) is 3.55. The standard InChI is InChI=1S/C18H18N4O4S/c1-2-16(12-4-3-5-13(10-12)27(19,25)26)21-17-6-7-18(22(23)24)15-11-20-9-8-14(15)17/h3-11,16,21H,2H2,1H3,(H2,19,25,26). The lowest BCUT2D eigenvalue weighted by Crippen LogP contribution is -2.14. The summed E-state index contributed by atoms with van der Waals surface area (Å²) < 4.78 is 23.2. The summed E-state index contributed by atoms with van der Waals surface area (Å²) in [6, 6.07) is 11.0. The van der Waals surface area contributed by atoms with E-state index < -0.39 is 14.9 Å². The molecule has 0 bridgehead atoms. The van der Waals surface area contributed by atoms with Crippen LogP contribution in [0.4, 0.5) is 11.4 Å². The Morgan fingerprint density at radius 2 is 2.00 bits per heavy atom. The van der Waals surface area contributed by atoms with E-state index in [1.165, 1.54) is 24.4 Å². The van der Waals surface area contributed by atoms with Crippen LogP contribution in [0.25, 0.3) is 10.8 Å². The van der Waals surface area contributed by atoms with Crippen LogP contribution in [0.5, 0.6) is 0 Å². The molecule has 3 rings (SSSR count). The van der Waals surface area contributed by atoms with Crippen molar-refractivity contribution in [3.05, 3.63) is 70.5 Å². The third kappa shape index (κ3) is 3.88. The number of primary sulfonamides is 1. The second kappa shape index (κ2) is 7.29. The predicted molar refractivity (Wildman–Crippen MR) is 103 cm³/mol. The second-order valence-corrected chi connectivity index (χ2v) is 7.59. The SMILES string of the molecule is CCC(Nc1ccc([N+](=O)[O-])c2cnccc12)c1cccc(S(N)(=O)=O)c1. The number of nitro groups is 1. The van der Waals surface area contributed by atoms with E-state index >= 15 is 0 Å². The molecule has 0 fully saturated rings. The third-order valence-electron chi connectivity index (χ3n) is 4.32. The molecule has 0 aliphatic rings. The van der Waals surface area contributed by atoms with E-state index in [1.54, 1.807) is 24.4 Å². The number of rotatable bonds is 6. The van der Waals surface area contributed by atoms with Crippen LogP contribution in [-0.4, -0.2) is 18.3 Å². The Morgan fingerprint density at radius 3 is 2.67 bits per heavy atom. The summed E-state index contributed by atoms with van der Waals surface area (Å²) in [5.74, 6) is 0. The van der Waals surface area contributed by atoms with E-state index in [4.69, 9.17) is 5.14 Å². The lowest BCUT2D eigenvalue weighted by molar-refractivity contribution is -0.383. The Balaban J connectivity index is 2.03. The number of nitrogens with zero attached hydrogens (tertiary/aromatic N) is 2. The molecule has 0 saturated carbocycles. The van der Waals surface area contributed by atoms with Gasteiger partial charge in [0, 0.05) is 29.5 Å². The smallest absolute Gasteiger partial charge is 0.278 e. The zero-order valence-corrected chi connectivity index (χ0v) is 15.3. The number of sulfonamides is 1. The number of pyridine rings is 1. The molecule has 3 N–H and O–H groups in total. The number of nitro benzene ring substituents is 1. The van der Waals surface area contributed by atoms with Crippen molar-refractivity contribution >= 4 is 32.2 Å². The average Bonchev–Trinajstić information content (AvgIpc) is 2.65. The molecule has 27 heavy (non-hydrogen) atoms. The van der Waals surface area contributed by atoms with Crippen LogP contribution in [0.2, 0.25) is 0 Å². The number of hydrogen-bond acceptors (Lipinski definition) is 6. The van der Waals surface area contributed by atoms with Crippen molar-refractivity contribution in [2.45, 2.75) is 24.3 Å². The van der Waals surface area contributed by atoms with Gasteiger partial charge >= 0.3 is 0 Å². The number of nitrogens with two attached hydrogens (primary N) is 1. The fraction of sp³-hybridized carbons (Fsp3) is 0.167. The van der Waals surface area contributed by atoms with Crippen LogP contribution >= 0.6 is 0 Å². The number of hydrogen-bond donors (Lipinski definition) is 2. The zero-order chi connectivity index (χ0) is 19.6. The molecule has 0 aliphatic carbocycles. The second-order valence-electron chi connectivity index (χ2n) is 6.03. The van der Waals surface area contributed by atoms with Gasteiger partial charge in [-0.3, -0.25) is 15.1 Å². The van der Waals surface area contributed by atoms with Crippen molar-refractivity contribution in [2.75, 3.05) is 5.32 Å². The predicted octanol–water partition coefficient (Wildman–Crippen LogP) is 3.35. The van der Waals surface area contributed by atoms with Crippen LogP contribution in [0.3, 0.4) is 0 Å². The highest BCUT2D eigenvalue weighted by molar-refractivity contribution is 7.89. The number of aromatic nitrogens is 1. The molecule has 0 saturated heterocycles. The minimum atomic E-state index is -3.80. The summed E-state index contributed by atoms with van der Waals surface area (Å²) >= 11 is 0. The van der Waals surface area contributed by atoms with Gasteiger partial charge < -0.3 is 5.32 Å². The van der Waals surface area contributed by atoms with Gasteiger partial charge in [-0.1, -0.05) is 19.1 Å². The summed E-state index contributed by atoms with van der Waals surface area (Å²) in [6.07, 6.45) is 3.69. The Bertz CT molecular complexity index is 1120. The Hall–Kier alpha value is -3.04. The molecule has 1 unspecified atom stereocenters. The molecule has 1 aromatic heterocycles. The molecule has 2 aromatic carbocycles. The summed E-state index contributed by atoms with van der Waals surface area (Å²) in [5, 5.41) is 20.9. The molecule has 0 amide bonds. The van der Waals surface area contributed by atoms with Gasteiger partial charge in [0.25, 0.3) is 5.69 Å². The molecule has 140 valence electrons. The maximum atomic E-state index is 11.6. The van der Waals surface area contributed by atoms with Crippen molar-refractivity contribution in [1.29, 1.82) is 0 Å². The highest BCUT2D eigenvalue weighted by Gasteiger charge is 2.18. The van der Waals surface area contributed by atoms with Gasteiger partial charge in [0.15, 0.2) is 0 Å². The lowest BCUT2D eigenvalue weighted by atomic mass is 10.0. The van der Waals surface area contributed by atoms with E-state index in [1.807, 2.05) is 13.0 Å². The van der Waals surface area contributed by atoms with E-state index in [0.29, 0.717) is 22.9 Å². The van der Waals surface area contributed by atoms with Gasteiger partial charge in [0.1, 0.15) is 0 Å². The first-order valence-corrected chi connectivity index (χ1v) is 9.76. The van der Waals surface area contributed by atoms with Gasteiger partial charge in [-0.05, 0) is 36.2 Å². The van der Waals surface area contributed by atoms with Gasteiger partial charge in [0.05, 0.1) is 21.2 Å². The van der Waals surface area contributed by atoms with E-state index in [2.05, 4.69) is 10.3 Å². The molecule has 8 nitrogen and oxygen atoms in total. The van der Waals surface area contributed by atoms with Crippen LogP contribution in [0.15, 0.2) is 59.8 Å². The van der Waals surface area contributed by atoms with Crippen LogP contribution < -0.4 is 10.5 Å². The van der Waals surface area contributed by atoms with Gasteiger partial charge in [-0.2, -0.15) is 0 Å². The number of fused-ring (bicyclic) bond motifs is 1. The molecule has 0 aliphatic heterocycles. The van der Waals surface area contributed by atoms with Gasteiger partial charge in [-0.25, -0.2) is 13.6 Å². The minimum Gasteiger partial charge on any atom is -0.378 e. The molecule has 3 aromatic rings.